The van der Waals surface area contributed by atoms with Crippen LogP contribution in [0.5, 0.6) is 0 Å². The number of carbonyl (C=O) groups excluding carboxylic acids is 2. The highest BCUT2D eigenvalue weighted by Gasteiger charge is 2.70. The van der Waals surface area contributed by atoms with Gasteiger partial charge in [0.05, 0.1) is 18.8 Å². The summed E-state index contributed by atoms with van der Waals surface area (Å²) in [6.45, 7) is 9.47. The highest BCUT2D eigenvalue weighted by molar-refractivity contribution is 6.04. The van der Waals surface area contributed by atoms with E-state index in [9.17, 15) is 14.7 Å². The number of hydrogen-bond donors (Lipinski definition) is 1. The molecule has 0 amide bonds. The molecule has 4 aliphatic rings. The summed E-state index contributed by atoms with van der Waals surface area (Å²) in [7, 11) is 0. The fourth-order valence-corrected chi connectivity index (χ4v) is 7.68. The summed E-state index contributed by atoms with van der Waals surface area (Å²) in [6, 6.07) is 0. The topological polar surface area (TPSA) is 76.1 Å². The summed E-state index contributed by atoms with van der Waals surface area (Å²) < 4.78 is 11.2. The van der Waals surface area contributed by atoms with Crippen molar-refractivity contribution in [3.63, 3.8) is 0 Å². The Bertz CT molecular complexity index is 655. The van der Waals surface area contributed by atoms with Gasteiger partial charge in [-0.2, -0.15) is 0 Å². The number of aliphatic hydroxyl groups excluding tert-OH is 1. The van der Waals surface area contributed by atoms with Crippen LogP contribution in [0.4, 0.5) is 0 Å². The van der Waals surface area contributed by atoms with Gasteiger partial charge in [0.15, 0.2) is 0 Å². The SMILES string of the molecule is CCOC(=O)[C@@]1(C)C(=O)CC[C@]2(C)[C@H]3CC[C@@]4(CO4)[C@@H](CO)[C@]3(C)CC[C@@H]12. The molecule has 0 aromatic carbocycles. The lowest BCUT2D eigenvalue weighted by molar-refractivity contribution is -0.201. The maximum absolute atomic E-state index is 12.9. The van der Waals surface area contributed by atoms with Crippen LogP contribution in [0.2, 0.25) is 0 Å². The first-order valence-corrected chi connectivity index (χ1v) is 10.6. The van der Waals surface area contributed by atoms with Gasteiger partial charge in [0.1, 0.15) is 11.2 Å². The molecule has 0 unspecified atom stereocenters. The maximum Gasteiger partial charge on any atom is 0.319 e. The Morgan fingerprint density at radius 2 is 1.81 bits per heavy atom. The van der Waals surface area contributed by atoms with E-state index in [0.29, 0.717) is 18.9 Å². The van der Waals surface area contributed by atoms with Gasteiger partial charge in [0, 0.05) is 18.9 Å². The average Bonchev–Trinajstić information content (AvgIpc) is 3.38. The molecule has 4 rings (SSSR count). The number of rotatable bonds is 3. The van der Waals surface area contributed by atoms with Crippen molar-refractivity contribution in [2.45, 2.75) is 71.8 Å². The van der Waals surface area contributed by atoms with Gasteiger partial charge in [-0.3, -0.25) is 9.59 Å². The van der Waals surface area contributed by atoms with E-state index in [1.54, 1.807) is 6.92 Å². The van der Waals surface area contributed by atoms with Crippen LogP contribution in [0.25, 0.3) is 0 Å². The first kappa shape index (κ1) is 19.4. The Labute approximate surface area is 162 Å². The summed E-state index contributed by atoms with van der Waals surface area (Å²) in [4.78, 5) is 25.8. The summed E-state index contributed by atoms with van der Waals surface area (Å²) in [5.74, 6) is 0.247. The van der Waals surface area contributed by atoms with Crippen LogP contribution in [0.3, 0.4) is 0 Å². The Hall–Kier alpha value is -0.940. The van der Waals surface area contributed by atoms with E-state index in [0.717, 1.165) is 38.7 Å². The van der Waals surface area contributed by atoms with Gasteiger partial charge in [-0.15, -0.1) is 0 Å². The van der Waals surface area contributed by atoms with E-state index in [-0.39, 0.29) is 46.6 Å². The first-order chi connectivity index (χ1) is 12.7. The van der Waals surface area contributed by atoms with Crippen molar-refractivity contribution in [1.29, 1.82) is 0 Å². The van der Waals surface area contributed by atoms with Gasteiger partial charge in [0.2, 0.25) is 0 Å². The quantitative estimate of drug-likeness (QED) is 0.464. The average molecular weight is 379 g/mol. The zero-order chi connectivity index (χ0) is 19.7. The number of fused-ring (bicyclic) bond motifs is 3. The fraction of sp³-hybridized carbons (Fsp3) is 0.909. The van der Waals surface area contributed by atoms with E-state index in [2.05, 4.69) is 13.8 Å². The molecule has 1 aliphatic heterocycles. The van der Waals surface area contributed by atoms with Crippen LogP contribution in [-0.4, -0.2) is 42.3 Å². The molecule has 7 atom stereocenters. The third kappa shape index (κ3) is 2.37. The van der Waals surface area contributed by atoms with Crippen LogP contribution in [0, 0.1) is 34.0 Å². The smallest absolute Gasteiger partial charge is 0.319 e. The van der Waals surface area contributed by atoms with Crippen LogP contribution in [0.1, 0.15) is 66.2 Å². The van der Waals surface area contributed by atoms with Crippen molar-refractivity contribution in [3.05, 3.63) is 0 Å². The molecule has 4 fully saturated rings. The number of ketones is 1. The number of epoxide rings is 1. The van der Waals surface area contributed by atoms with Crippen molar-refractivity contribution < 1.29 is 24.2 Å². The number of Topliss-reactive ketones (excluding diaryl/α,β-unsaturated/α-hetero) is 1. The lowest BCUT2D eigenvalue weighted by atomic mass is 9.38. The number of aliphatic hydroxyl groups is 1. The van der Waals surface area contributed by atoms with Gasteiger partial charge >= 0.3 is 5.97 Å². The molecule has 5 heteroatoms. The van der Waals surface area contributed by atoms with Gasteiger partial charge in [-0.05, 0) is 68.6 Å². The second kappa shape index (κ2) is 6.03. The summed E-state index contributed by atoms with van der Waals surface area (Å²) in [5.41, 5.74) is -1.26. The molecule has 0 aromatic heterocycles. The Morgan fingerprint density at radius 3 is 2.41 bits per heavy atom. The highest BCUT2D eigenvalue weighted by atomic mass is 16.6. The lowest BCUT2D eigenvalue weighted by Crippen LogP contribution is -2.64. The predicted octanol–water partition coefficient (Wildman–Crippen LogP) is 3.13. The minimum Gasteiger partial charge on any atom is -0.465 e. The number of esters is 1. The highest BCUT2D eigenvalue weighted by Crippen LogP contribution is 2.70. The molecule has 5 nitrogen and oxygen atoms in total. The van der Waals surface area contributed by atoms with E-state index < -0.39 is 5.41 Å². The van der Waals surface area contributed by atoms with Gasteiger partial charge < -0.3 is 14.6 Å². The van der Waals surface area contributed by atoms with E-state index in [1.165, 1.54) is 0 Å². The van der Waals surface area contributed by atoms with Crippen LogP contribution < -0.4 is 0 Å². The van der Waals surface area contributed by atoms with Crippen molar-refractivity contribution in [1.82, 2.24) is 0 Å². The van der Waals surface area contributed by atoms with E-state index in [4.69, 9.17) is 9.47 Å². The Balaban J connectivity index is 1.73. The van der Waals surface area contributed by atoms with Crippen molar-refractivity contribution in [2.24, 2.45) is 34.0 Å². The third-order valence-corrected chi connectivity index (χ3v) is 9.21. The van der Waals surface area contributed by atoms with Crippen molar-refractivity contribution in [2.75, 3.05) is 19.8 Å². The Kier molecular flexibility index (Phi) is 4.33. The zero-order valence-corrected chi connectivity index (χ0v) is 17.2. The zero-order valence-electron chi connectivity index (χ0n) is 17.2. The summed E-state index contributed by atoms with van der Waals surface area (Å²) >= 11 is 0. The lowest BCUT2D eigenvalue weighted by Gasteiger charge is -2.65. The Morgan fingerprint density at radius 1 is 1.15 bits per heavy atom. The molecule has 152 valence electrons. The van der Waals surface area contributed by atoms with Gasteiger partial charge in [-0.1, -0.05) is 13.8 Å². The molecule has 0 radical (unpaired) electrons. The van der Waals surface area contributed by atoms with Crippen molar-refractivity contribution in [3.8, 4) is 0 Å². The normalized spacial score (nSPS) is 51.4. The second-order valence-electron chi connectivity index (χ2n) is 10.1. The minimum absolute atomic E-state index is 0.00922. The molecule has 3 aliphatic carbocycles. The fourth-order valence-electron chi connectivity index (χ4n) is 7.68. The molecule has 3 saturated carbocycles. The molecule has 27 heavy (non-hydrogen) atoms. The number of hydrogen-bond acceptors (Lipinski definition) is 5. The molecule has 1 heterocycles. The number of carbonyl (C=O) groups is 2. The van der Waals surface area contributed by atoms with E-state index in [1.807, 2.05) is 6.92 Å². The molecule has 1 N–H and O–H groups in total. The largest absolute Gasteiger partial charge is 0.465 e. The number of ether oxygens (including phenoxy) is 2. The predicted molar refractivity (Wildman–Crippen MR) is 99.9 cm³/mol. The molecule has 1 saturated heterocycles. The van der Waals surface area contributed by atoms with Crippen LogP contribution in [0.15, 0.2) is 0 Å². The third-order valence-electron chi connectivity index (χ3n) is 9.21. The molecular weight excluding hydrogens is 344 g/mol. The first-order valence-electron chi connectivity index (χ1n) is 10.6. The molecular formula is C22H34O5. The standard InChI is InChI=1S/C22H34O5/c1-5-26-18(25)21(4)15-6-9-20(3)14(19(15,2)10-8-17(21)24)7-11-22(13-27-22)16(20)12-23/h14-16,23H,5-13H2,1-4H3/t14-,15-,16+,19-,20-,21-,22-/m1/s1. The van der Waals surface area contributed by atoms with Gasteiger partial charge in [-0.25, -0.2) is 0 Å². The summed E-state index contributed by atoms with van der Waals surface area (Å²) in [5, 5.41) is 10.2. The molecule has 0 bridgehead atoms. The minimum atomic E-state index is -1.04. The van der Waals surface area contributed by atoms with E-state index >= 15 is 0 Å². The molecule has 0 aromatic rings. The second-order valence-corrected chi connectivity index (χ2v) is 10.1. The van der Waals surface area contributed by atoms with Crippen LogP contribution >= 0.6 is 0 Å². The van der Waals surface area contributed by atoms with Gasteiger partial charge in [0.25, 0.3) is 0 Å². The maximum atomic E-state index is 12.9. The molecule has 1 spiro atoms. The monoisotopic (exact) mass is 378 g/mol. The van der Waals surface area contributed by atoms with Crippen LogP contribution in [-0.2, 0) is 19.1 Å². The summed E-state index contributed by atoms with van der Waals surface area (Å²) in [6.07, 6.45) is 5.06. The van der Waals surface area contributed by atoms with Crippen molar-refractivity contribution >= 4 is 11.8 Å².